The Labute approximate surface area is 117 Å². The number of likely N-dealkylation sites (tertiary alicyclic amines) is 1. The average molecular weight is 289 g/mol. The molecule has 0 aromatic carbocycles. The number of nitrogens with zero attached hydrogens (tertiary/aromatic N) is 1. The summed E-state index contributed by atoms with van der Waals surface area (Å²) in [5.74, 6) is 0. The third-order valence-electron chi connectivity index (χ3n) is 4.25. The van der Waals surface area contributed by atoms with Crippen LogP contribution in [0.3, 0.4) is 0 Å². The summed E-state index contributed by atoms with van der Waals surface area (Å²) in [5.41, 5.74) is 0. The number of amides is 1. The molecule has 0 radical (unpaired) electrons. The first kappa shape index (κ1) is 16.5. The zero-order valence-corrected chi connectivity index (χ0v) is 13.9. The molecule has 1 fully saturated rings. The van der Waals surface area contributed by atoms with Gasteiger partial charge in [-0.2, -0.15) is 0 Å². The second-order valence-electron chi connectivity index (χ2n) is 6.78. The van der Waals surface area contributed by atoms with Crippen LogP contribution < -0.4 is 0 Å². The van der Waals surface area contributed by atoms with E-state index >= 15 is 0 Å². The summed E-state index contributed by atoms with van der Waals surface area (Å²) in [6, 6.07) is -0.0859. The van der Waals surface area contributed by atoms with Gasteiger partial charge in [0.05, 0.1) is 18.8 Å². The van der Waals surface area contributed by atoms with Crippen molar-refractivity contribution in [2.45, 2.75) is 57.5 Å². The third-order valence-corrected chi connectivity index (χ3v) is 8.78. The normalized spacial score (nSPS) is 24.8. The minimum absolute atomic E-state index is 0.00265. The fraction of sp³-hybridized carbons (Fsp3) is 0.923. The number of rotatable bonds is 4. The monoisotopic (exact) mass is 289 g/mol. The molecule has 0 spiro atoms. The number of carboxylic acid groups (broad SMARTS) is 1. The van der Waals surface area contributed by atoms with E-state index in [0.29, 0.717) is 13.2 Å². The van der Waals surface area contributed by atoms with Crippen molar-refractivity contribution in [2.75, 3.05) is 20.3 Å². The third kappa shape index (κ3) is 3.93. The summed E-state index contributed by atoms with van der Waals surface area (Å²) >= 11 is 0. The molecule has 5 nitrogen and oxygen atoms in total. The van der Waals surface area contributed by atoms with Gasteiger partial charge in [-0.25, -0.2) is 4.79 Å². The molecule has 1 aliphatic heterocycles. The first-order valence-electron chi connectivity index (χ1n) is 6.75. The fourth-order valence-electron chi connectivity index (χ4n) is 2.14. The smallest absolute Gasteiger partial charge is 0.407 e. The van der Waals surface area contributed by atoms with E-state index in [0.717, 1.165) is 6.42 Å². The van der Waals surface area contributed by atoms with Gasteiger partial charge in [0.15, 0.2) is 8.32 Å². The lowest BCUT2D eigenvalue weighted by molar-refractivity contribution is 0.0986. The molecule has 1 saturated heterocycles. The van der Waals surface area contributed by atoms with Crippen LogP contribution in [0.5, 0.6) is 0 Å². The predicted octanol–water partition coefficient (Wildman–Crippen LogP) is 2.78. The highest BCUT2D eigenvalue weighted by Crippen LogP contribution is 2.38. The van der Waals surface area contributed by atoms with Gasteiger partial charge in [0.2, 0.25) is 0 Å². The number of ether oxygens (including phenoxy) is 1. The van der Waals surface area contributed by atoms with Gasteiger partial charge in [-0.15, -0.1) is 0 Å². The Balaban J connectivity index is 2.70. The molecule has 0 aliphatic carbocycles. The molecule has 0 aromatic heterocycles. The molecule has 0 unspecified atom stereocenters. The van der Waals surface area contributed by atoms with Crippen molar-refractivity contribution < 1.29 is 19.1 Å². The molecule has 1 heterocycles. The summed E-state index contributed by atoms with van der Waals surface area (Å²) in [6.07, 6.45) is -0.160. The van der Waals surface area contributed by atoms with Crippen molar-refractivity contribution in [3.63, 3.8) is 0 Å². The molecule has 1 aliphatic rings. The Bertz CT molecular complexity index is 327. The molecule has 0 aromatic rings. The average Bonchev–Trinajstić information content (AvgIpc) is 2.59. The largest absolute Gasteiger partial charge is 0.465 e. The van der Waals surface area contributed by atoms with E-state index in [9.17, 15) is 9.90 Å². The van der Waals surface area contributed by atoms with Crippen LogP contribution in [0.25, 0.3) is 0 Å². The summed E-state index contributed by atoms with van der Waals surface area (Å²) in [6.45, 7) is 11.9. The maximum atomic E-state index is 11.2. The SMILES string of the molecule is COC[C@@H]1C[C@@H](O[Si](C)(C)C(C)(C)C)CN1C(=O)O. The van der Waals surface area contributed by atoms with Gasteiger partial charge in [-0.3, -0.25) is 0 Å². The minimum atomic E-state index is -1.85. The Morgan fingerprint density at radius 3 is 2.42 bits per heavy atom. The highest BCUT2D eigenvalue weighted by molar-refractivity contribution is 6.74. The van der Waals surface area contributed by atoms with Gasteiger partial charge >= 0.3 is 6.09 Å². The van der Waals surface area contributed by atoms with Crippen LogP contribution in [-0.2, 0) is 9.16 Å². The lowest BCUT2D eigenvalue weighted by Crippen LogP contribution is -2.44. The Kier molecular flexibility index (Phi) is 5.03. The fourth-order valence-corrected chi connectivity index (χ4v) is 3.49. The maximum Gasteiger partial charge on any atom is 0.407 e. The molecule has 2 atom stereocenters. The maximum absolute atomic E-state index is 11.2. The zero-order chi connectivity index (χ0) is 14.8. The first-order valence-corrected chi connectivity index (χ1v) is 9.65. The molecule has 0 bridgehead atoms. The van der Waals surface area contributed by atoms with Crippen LogP contribution in [0.2, 0.25) is 18.1 Å². The molecule has 19 heavy (non-hydrogen) atoms. The lowest BCUT2D eigenvalue weighted by atomic mass is 10.2. The topological polar surface area (TPSA) is 59.0 Å². The van der Waals surface area contributed by atoms with Crippen molar-refractivity contribution in [2.24, 2.45) is 0 Å². The quantitative estimate of drug-likeness (QED) is 0.809. The van der Waals surface area contributed by atoms with Gasteiger partial charge in [-0.05, 0) is 24.6 Å². The predicted molar refractivity (Wildman–Crippen MR) is 77.1 cm³/mol. The van der Waals surface area contributed by atoms with Crippen LogP contribution in [-0.4, -0.2) is 56.8 Å². The second kappa shape index (κ2) is 5.81. The van der Waals surface area contributed by atoms with E-state index < -0.39 is 14.4 Å². The van der Waals surface area contributed by atoms with E-state index in [-0.39, 0.29) is 17.2 Å². The molecule has 1 amide bonds. The molecular formula is C13H27NO4Si. The van der Waals surface area contributed by atoms with Crippen LogP contribution in [0.15, 0.2) is 0 Å². The molecule has 0 saturated carbocycles. The van der Waals surface area contributed by atoms with Gasteiger partial charge in [-0.1, -0.05) is 20.8 Å². The highest BCUT2D eigenvalue weighted by Gasteiger charge is 2.43. The van der Waals surface area contributed by atoms with Crippen molar-refractivity contribution in [1.29, 1.82) is 0 Å². The van der Waals surface area contributed by atoms with Gasteiger partial charge in [0.25, 0.3) is 0 Å². The number of methoxy groups -OCH3 is 1. The van der Waals surface area contributed by atoms with Crippen LogP contribution >= 0.6 is 0 Å². The van der Waals surface area contributed by atoms with E-state index in [2.05, 4.69) is 33.9 Å². The molecule has 112 valence electrons. The zero-order valence-electron chi connectivity index (χ0n) is 12.9. The molecule has 1 rings (SSSR count). The Morgan fingerprint density at radius 1 is 1.42 bits per heavy atom. The van der Waals surface area contributed by atoms with Gasteiger partial charge in [0.1, 0.15) is 0 Å². The summed E-state index contributed by atoms with van der Waals surface area (Å²) in [5, 5.41) is 9.35. The van der Waals surface area contributed by atoms with E-state index in [1.54, 1.807) is 7.11 Å². The second-order valence-corrected chi connectivity index (χ2v) is 11.5. The Hall–Kier alpha value is -0.593. The van der Waals surface area contributed by atoms with Gasteiger partial charge in [0, 0.05) is 13.7 Å². The number of hydrogen-bond acceptors (Lipinski definition) is 3. The van der Waals surface area contributed by atoms with E-state index in [1.807, 2.05) is 0 Å². The van der Waals surface area contributed by atoms with Crippen molar-refractivity contribution in [1.82, 2.24) is 4.90 Å². The van der Waals surface area contributed by atoms with Gasteiger partial charge < -0.3 is 19.2 Å². The lowest BCUT2D eigenvalue weighted by Gasteiger charge is -2.38. The standard InChI is InChI=1S/C13H27NO4Si/c1-13(2,3)19(5,6)18-11-7-10(9-17-4)14(8-11)12(15)16/h10-11H,7-9H2,1-6H3,(H,15,16)/t10-,11+/m0/s1. The van der Waals surface area contributed by atoms with Crippen molar-refractivity contribution in [3.8, 4) is 0 Å². The van der Waals surface area contributed by atoms with E-state index in [4.69, 9.17) is 9.16 Å². The van der Waals surface area contributed by atoms with Crippen LogP contribution in [0.4, 0.5) is 4.79 Å². The molecule has 6 heteroatoms. The van der Waals surface area contributed by atoms with Crippen molar-refractivity contribution >= 4 is 14.4 Å². The highest BCUT2D eigenvalue weighted by atomic mass is 28.4. The van der Waals surface area contributed by atoms with Crippen LogP contribution in [0.1, 0.15) is 27.2 Å². The van der Waals surface area contributed by atoms with Crippen LogP contribution in [0, 0.1) is 0 Å². The summed E-state index contributed by atoms with van der Waals surface area (Å²) in [7, 11) is -0.248. The number of carbonyl (C=O) groups is 1. The summed E-state index contributed by atoms with van der Waals surface area (Å²) < 4.78 is 11.4. The minimum Gasteiger partial charge on any atom is -0.465 e. The Morgan fingerprint density at radius 2 is 2.00 bits per heavy atom. The summed E-state index contributed by atoms with van der Waals surface area (Å²) in [4.78, 5) is 12.7. The first-order chi connectivity index (χ1) is 8.58. The molecule has 1 N–H and O–H groups in total. The number of hydrogen-bond donors (Lipinski definition) is 1. The van der Waals surface area contributed by atoms with E-state index in [1.165, 1.54) is 4.90 Å². The van der Waals surface area contributed by atoms with Crippen molar-refractivity contribution in [3.05, 3.63) is 0 Å². The molecular weight excluding hydrogens is 262 g/mol.